The van der Waals surface area contributed by atoms with Crippen molar-refractivity contribution in [3.05, 3.63) is 46.5 Å². The van der Waals surface area contributed by atoms with Gasteiger partial charge in [0.15, 0.2) is 0 Å². The summed E-state index contributed by atoms with van der Waals surface area (Å²) in [7, 11) is 0. The van der Waals surface area contributed by atoms with Gasteiger partial charge in [-0.15, -0.1) is 0 Å². The Morgan fingerprint density at radius 2 is 1.72 bits per heavy atom. The van der Waals surface area contributed by atoms with E-state index in [0.717, 1.165) is 10.0 Å². The van der Waals surface area contributed by atoms with Gasteiger partial charge in [-0.1, -0.05) is 40.2 Å². The molecule has 1 aromatic rings. The van der Waals surface area contributed by atoms with Gasteiger partial charge in [0.25, 0.3) is 0 Å². The SMILES string of the molecule is C[C@H](NC(=O)CCN1C(=O)[C@H]2CC=CC[C@H]2C1=O)c1ccc(Br)cc1. The second-order valence-electron chi connectivity index (χ2n) is 6.57. The summed E-state index contributed by atoms with van der Waals surface area (Å²) >= 11 is 3.38. The highest BCUT2D eigenvalue weighted by molar-refractivity contribution is 9.10. The summed E-state index contributed by atoms with van der Waals surface area (Å²) in [6.45, 7) is 2.07. The Morgan fingerprint density at radius 1 is 1.16 bits per heavy atom. The van der Waals surface area contributed by atoms with Crippen LogP contribution in [0, 0.1) is 11.8 Å². The third-order valence-corrected chi connectivity index (χ3v) is 5.44. The molecule has 1 aliphatic carbocycles. The Kier molecular flexibility index (Phi) is 5.37. The molecular formula is C19H21BrN2O3. The minimum atomic E-state index is -0.234. The highest BCUT2D eigenvalue weighted by Gasteiger charge is 2.46. The zero-order valence-electron chi connectivity index (χ0n) is 14.1. The first-order valence-corrected chi connectivity index (χ1v) is 9.31. The number of hydrogen-bond acceptors (Lipinski definition) is 3. The molecule has 3 amide bonds. The maximum Gasteiger partial charge on any atom is 0.233 e. The Hall–Kier alpha value is -1.95. The molecule has 0 radical (unpaired) electrons. The molecule has 1 fully saturated rings. The fourth-order valence-corrected chi connectivity index (χ4v) is 3.72. The van der Waals surface area contributed by atoms with Crippen LogP contribution in [0.5, 0.6) is 0 Å². The Morgan fingerprint density at radius 3 is 2.28 bits per heavy atom. The van der Waals surface area contributed by atoms with Crippen molar-refractivity contribution in [2.75, 3.05) is 6.54 Å². The van der Waals surface area contributed by atoms with E-state index >= 15 is 0 Å². The van der Waals surface area contributed by atoms with Crippen LogP contribution in [0.4, 0.5) is 0 Å². The van der Waals surface area contributed by atoms with Crippen molar-refractivity contribution in [1.82, 2.24) is 10.2 Å². The first-order valence-electron chi connectivity index (χ1n) is 8.52. The van der Waals surface area contributed by atoms with E-state index in [-0.39, 0.29) is 48.6 Å². The number of halogens is 1. The van der Waals surface area contributed by atoms with E-state index in [9.17, 15) is 14.4 Å². The summed E-state index contributed by atoms with van der Waals surface area (Å²) in [6.07, 6.45) is 5.30. The monoisotopic (exact) mass is 404 g/mol. The molecule has 1 N–H and O–H groups in total. The maximum atomic E-state index is 12.4. The van der Waals surface area contributed by atoms with Crippen LogP contribution in [0.2, 0.25) is 0 Å². The van der Waals surface area contributed by atoms with Gasteiger partial charge in [0, 0.05) is 17.4 Å². The van der Waals surface area contributed by atoms with Crippen molar-refractivity contribution in [2.45, 2.75) is 32.2 Å². The summed E-state index contributed by atoms with van der Waals surface area (Å²) in [5.41, 5.74) is 1.00. The maximum absolute atomic E-state index is 12.4. The fraction of sp³-hybridized carbons (Fsp3) is 0.421. The molecule has 3 rings (SSSR count). The van der Waals surface area contributed by atoms with Crippen molar-refractivity contribution in [3.8, 4) is 0 Å². The molecule has 3 atom stereocenters. The van der Waals surface area contributed by atoms with Crippen molar-refractivity contribution in [2.24, 2.45) is 11.8 Å². The molecular weight excluding hydrogens is 384 g/mol. The third kappa shape index (κ3) is 3.84. The predicted octanol–water partition coefficient (Wildman–Crippen LogP) is 2.97. The smallest absolute Gasteiger partial charge is 0.233 e. The number of imide groups is 1. The number of hydrogen-bond donors (Lipinski definition) is 1. The summed E-state index contributed by atoms with van der Waals surface area (Å²) < 4.78 is 0.983. The van der Waals surface area contributed by atoms with Crippen LogP contribution in [0.3, 0.4) is 0 Å². The number of carbonyl (C=O) groups excluding carboxylic acids is 3. The number of rotatable bonds is 5. The first kappa shape index (κ1) is 17.9. The number of likely N-dealkylation sites (tertiary alicyclic amines) is 1. The molecule has 1 aromatic carbocycles. The lowest BCUT2D eigenvalue weighted by Crippen LogP contribution is -2.36. The molecule has 0 saturated carbocycles. The van der Waals surface area contributed by atoms with Gasteiger partial charge in [-0.2, -0.15) is 0 Å². The quantitative estimate of drug-likeness (QED) is 0.605. The second-order valence-corrected chi connectivity index (χ2v) is 7.49. The molecule has 1 heterocycles. The van der Waals surface area contributed by atoms with Gasteiger partial charge in [-0.3, -0.25) is 19.3 Å². The van der Waals surface area contributed by atoms with Crippen LogP contribution in [0.1, 0.15) is 37.8 Å². The number of fused-ring (bicyclic) bond motifs is 1. The van der Waals surface area contributed by atoms with E-state index in [1.165, 1.54) is 4.90 Å². The normalized spacial score (nSPS) is 23.5. The second kappa shape index (κ2) is 7.52. The minimum Gasteiger partial charge on any atom is -0.350 e. The molecule has 1 aliphatic heterocycles. The lowest BCUT2D eigenvalue weighted by molar-refractivity contribution is -0.140. The summed E-state index contributed by atoms with van der Waals surface area (Å²) in [5.74, 6) is -0.894. The average Bonchev–Trinajstić information content (AvgIpc) is 2.85. The van der Waals surface area contributed by atoms with E-state index in [0.29, 0.717) is 12.8 Å². The molecule has 132 valence electrons. The molecule has 1 saturated heterocycles. The highest BCUT2D eigenvalue weighted by Crippen LogP contribution is 2.35. The number of nitrogens with one attached hydrogen (secondary N) is 1. The average molecular weight is 405 g/mol. The highest BCUT2D eigenvalue weighted by atomic mass is 79.9. The van der Waals surface area contributed by atoms with E-state index < -0.39 is 0 Å². The molecule has 25 heavy (non-hydrogen) atoms. The number of carbonyl (C=O) groups is 3. The summed E-state index contributed by atoms with van der Waals surface area (Å²) in [4.78, 5) is 38.2. The van der Waals surface area contributed by atoms with Crippen molar-refractivity contribution in [3.63, 3.8) is 0 Å². The third-order valence-electron chi connectivity index (χ3n) is 4.91. The zero-order valence-corrected chi connectivity index (χ0v) is 15.7. The van der Waals surface area contributed by atoms with Gasteiger partial charge in [0.2, 0.25) is 17.7 Å². The van der Waals surface area contributed by atoms with Crippen molar-refractivity contribution >= 4 is 33.7 Å². The lowest BCUT2D eigenvalue weighted by atomic mass is 9.85. The molecule has 0 bridgehead atoms. The van der Waals surface area contributed by atoms with Gasteiger partial charge in [-0.05, 0) is 37.5 Å². The van der Waals surface area contributed by atoms with Crippen LogP contribution < -0.4 is 5.32 Å². The van der Waals surface area contributed by atoms with Gasteiger partial charge in [0.1, 0.15) is 0 Å². The van der Waals surface area contributed by atoms with Gasteiger partial charge in [0.05, 0.1) is 17.9 Å². The number of nitrogens with zero attached hydrogens (tertiary/aromatic N) is 1. The van der Waals surface area contributed by atoms with Crippen LogP contribution in [-0.4, -0.2) is 29.2 Å². The Labute approximate surface area is 155 Å². The minimum absolute atomic E-state index is 0.127. The lowest BCUT2D eigenvalue weighted by Gasteiger charge is -2.17. The molecule has 0 unspecified atom stereocenters. The van der Waals surface area contributed by atoms with E-state index in [2.05, 4.69) is 21.2 Å². The van der Waals surface area contributed by atoms with Crippen LogP contribution in [0.15, 0.2) is 40.9 Å². The summed E-state index contributed by atoms with van der Waals surface area (Å²) in [6, 6.07) is 7.61. The fourth-order valence-electron chi connectivity index (χ4n) is 3.45. The topological polar surface area (TPSA) is 66.5 Å². The van der Waals surface area contributed by atoms with Crippen LogP contribution in [0.25, 0.3) is 0 Å². The van der Waals surface area contributed by atoms with Crippen molar-refractivity contribution < 1.29 is 14.4 Å². The molecule has 6 heteroatoms. The van der Waals surface area contributed by atoms with Gasteiger partial charge in [-0.25, -0.2) is 0 Å². The van der Waals surface area contributed by atoms with Crippen LogP contribution in [-0.2, 0) is 14.4 Å². The number of amides is 3. The Balaban J connectivity index is 1.53. The van der Waals surface area contributed by atoms with Crippen LogP contribution >= 0.6 is 15.9 Å². The zero-order chi connectivity index (χ0) is 18.0. The first-order chi connectivity index (χ1) is 12.0. The van der Waals surface area contributed by atoms with E-state index in [4.69, 9.17) is 0 Å². The standard InChI is InChI=1S/C19H21BrN2O3/c1-12(13-6-8-14(20)9-7-13)21-17(23)10-11-22-18(24)15-4-2-3-5-16(15)19(22)25/h2-3,6-9,12,15-16H,4-5,10-11H2,1H3,(H,21,23)/t12-,15-,16+/m0/s1. The molecule has 0 aromatic heterocycles. The van der Waals surface area contributed by atoms with E-state index in [1.807, 2.05) is 43.3 Å². The number of allylic oxidation sites excluding steroid dienone is 2. The Bertz CT molecular complexity index is 688. The summed E-state index contributed by atoms with van der Waals surface area (Å²) in [5, 5.41) is 2.92. The largest absolute Gasteiger partial charge is 0.350 e. The molecule has 5 nitrogen and oxygen atoms in total. The van der Waals surface area contributed by atoms with Gasteiger partial charge < -0.3 is 5.32 Å². The molecule has 2 aliphatic rings. The van der Waals surface area contributed by atoms with Gasteiger partial charge >= 0.3 is 0 Å². The molecule has 0 spiro atoms. The van der Waals surface area contributed by atoms with E-state index in [1.54, 1.807) is 0 Å². The predicted molar refractivity (Wildman–Crippen MR) is 97.4 cm³/mol. The number of benzene rings is 1. The van der Waals surface area contributed by atoms with Crippen molar-refractivity contribution in [1.29, 1.82) is 0 Å².